The van der Waals surface area contributed by atoms with Crippen molar-refractivity contribution in [1.29, 1.82) is 0 Å². The summed E-state index contributed by atoms with van der Waals surface area (Å²) in [5.41, 5.74) is 3.55. The van der Waals surface area contributed by atoms with Gasteiger partial charge in [0.1, 0.15) is 16.1 Å². The van der Waals surface area contributed by atoms with Crippen molar-refractivity contribution in [1.82, 2.24) is 0 Å². The van der Waals surface area contributed by atoms with Crippen LogP contribution in [-0.4, -0.2) is 4.62 Å². The average Bonchev–Trinajstić information content (AvgIpc) is 2.98. The van der Waals surface area contributed by atoms with Crippen molar-refractivity contribution < 1.29 is 9.15 Å². The van der Waals surface area contributed by atoms with E-state index in [0.717, 1.165) is 54.5 Å². The fraction of sp³-hybridized carbons (Fsp3) is 0.533. The first-order valence-electron chi connectivity index (χ1n) is 12.2. The molecule has 0 bridgehead atoms. The van der Waals surface area contributed by atoms with E-state index in [9.17, 15) is 0 Å². The highest BCUT2D eigenvalue weighted by Gasteiger charge is 2.37. The lowest BCUT2D eigenvalue weighted by Crippen LogP contribution is -2.21. The fourth-order valence-electron chi connectivity index (χ4n) is 3.61. The van der Waals surface area contributed by atoms with Crippen molar-refractivity contribution in [3.8, 4) is 0 Å². The molecule has 2 aliphatic heterocycles. The first-order chi connectivity index (χ1) is 15.7. The Morgan fingerprint density at radius 1 is 0.686 bits per heavy atom. The Hall–Kier alpha value is -1.46. The van der Waals surface area contributed by atoms with Crippen LogP contribution in [0.3, 0.4) is 0 Å². The summed E-state index contributed by atoms with van der Waals surface area (Å²) in [4.78, 5) is 4.98. The van der Waals surface area contributed by atoms with Gasteiger partial charge in [-0.2, -0.15) is 0 Å². The quantitative estimate of drug-likeness (QED) is 0.298. The van der Waals surface area contributed by atoms with E-state index in [1.54, 1.807) is 0 Å². The van der Waals surface area contributed by atoms with Crippen LogP contribution in [0.25, 0.3) is 5.57 Å². The van der Waals surface area contributed by atoms with E-state index in [2.05, 4.69) is 139 Å². The molecule has 0 spiro atoms. The molecular formula is C30H40Br2NO2+. The summed E-state index contributed by atoms with van der Waals surface area (Å²) in [6.45, 7) is 26.1. The van der Waals surface area contributed by atoms with Gasteiger partial charge < -0.3 is 4.74 Å². The largest absolute Gasteiger partial charge is 0.465 e. The molecule has 0 amide bonds. The molecule has 0 aromatic carbocycles. The Morgan fingerprint density at radius 2 is 1.11 bits per heavy atom. The molecule has 3 nitrogen and oxygen atoms in total. The highest BCUT2D eigenvalue weighted by molar-refractivity contribution is 9.19. The average molecular weight is 606 g/mol. The topological polar surface area (TPSA) is 32.9 Å². The minimum absolute atomic E-state index is 0.123. The smallest absolute Gasteiger partial charge is 0.335 e. The SMILES string of the molecule is CC(C)(C)C1=CC(=C2N=C(Br)C(c3cc(C(C)(C)C)[o+]c(C(C)(C)C)c3)=C2Br)C=C(C(C)(C)C)O1. The van der Waals surface area contributed by atoms with Crippen LogP contribution >= 0.6 is 31.9 Å². The molecule has 1 aromatic rings. The minimum Gasteiger partial charge on any atom is -0.465 e. The molecule has 3 heterocycles. The molecule has 5 heteroatoms. The van der Waals surface area contributed by atoms with E-state index in [1.807, 2.05) is 0 Å². The molecule has 1 aromatic heterocycles. The van der Waals surface area contributed by atoms with Gasteiger partial charge in [0.05, 0.1) is 21.0 Å². The second-order valence-corrected chi connectivity index (χ2v) is 15.1. The van der Waals surface area contributed by atoms with Crippen LogP contribution in [0.1, 0.15) is 100 Å². The summed E-state index contributed by atoms with van der Waals surface area (Å²) in [5.74, 6) is 3.78. The molecule has 3 rings (SSSR count). The fourth-order valence-corrected chi connectivity index (χ4v) is 5.22. The van der Waals surface area contributed by atoms with Crippen molar-refractivity contribution >= 4 is 42.1 Å². The summed E-state index contributed by atoms with van der Waals surface area (Å²) in [6, 6.07) is 4.29. The first-order valence-corrected chi connectivity index (χ1v) is 13.8. The summed E-state index contributed by atoms with van der Waals surface area (Å²) in [7, 11) is 0. The number of ether oxygens (including phenoxy) is 1. The van der Waals surface area contributed by atoms with E-state index < -0.39 is 0 Å². The third kappa shape index (κ3) is 6.10. The second-order valence-electron chi connectivity index (χ2n) is 13.6. The molecule has 0 atom stereocenters. The van der Waals surface area contributed by atoms with Crippen LogP contribution in [-0.2, 0) is 15.6 Å². The number of rotatable bonds is 1. The lowest BCUT2D eigenvalue weighted by molar-refractivity contribution is 0.161. The minimum atomic E-state index is -0.126. The van der Waals surface area contributed by atoms with Crippen molar-refractivity contribution in [3.63, 3.8) is 0 Å². The zero-order valence-corrected chi connectivity index (χ0v) is 26.5. The molecule has 0 radical (unpaired) electrons. The molecule has 0 aliphatic carbocycles. The molecule has 0 saturated carbocycles. The Kier molecular flexibility index (Phi) is 7.34. The van der Waals surface area contributed by atoms with E-state index in [0.29, 0.717) is 0 Å². The Labute approximate surface area is 228 Å². The number of hydrogen-bond acceptors (Lipinski definition) is 2. The summed E-state index contributed by atoms with van der Waals surface area (Å²) in [6.07, 6.45) is 4.25. The van der Waals surface area contributed by atoms with Crippen molar-refractivity contribution in [2.45, 2.75) is 93.9 Å². The zero-order valence-electron chi connectivity index (χ0n) is 23.3. The number of halogens is 2. The van der Waals surface area contributed by atoms with Crippen LogP contribution in [0.5, 0.6) is 0 Å². The van der Waals surface area contributed by atoms with Crippen LogP contribution in [0.4, 0.5) is 0 Å². The van der Waals surface area contributed by atoms with Crippen molar-refractivity contribution in [2.24, 2.45) is 15.8 Å². The van der Waals surface area contributed by atoms with Gasteiger partial charge in [0.25, 0.3) is 0 Å². The Morgan fingerprint density at radius 3 is 1.49 bits per heavy atom. The predicted octanol–water partition coefficient (Wildman–Crippen LogP) is 10.2. The first kappa shape index (κ1) is 28.1. The second kappa shape index (κ2) is 9.13. The van der Waals surface area contributed by atoms with Gasteiger partial charge in [0, 0.05) is 39.7 Å². The molecule has 190 valence electrons. The van der Waals surface area contributed by atoms with Gasteiger partial charge >= 0.3 is 11.5 Å². The maximum Gasteiger partial charge on any atom is 0.335 e. The number of aliphatic imine (C=N–C) groups is 1. The number of nitrogens with zero attached hydrogens (tertiary/aromatic N) is 1. The van der Waals surface area contributed by atoms with Gasteiger partial charge in [-0.3, -0.25) is 0 Å². The van der Waals surface area contributed by atoms with Crippen molar-refractivity contribution in [3.05, 3.63) is 68.6 Å². The molecular weight excluding hydrogens is 566 g/mol. The molecule has 2 aliphatic rings. The maximum atomic E-state index is 6.38. The van der Waals surface area contributed by atoms with E-state index in [4.69, 9.17) is 14.1 Å². The Balaban J connectivity index is 2.29. The zero-order chi connectivity index (χ0) is 26.7. The lowest BCUT2D eigenvalue weighted by atomic mass is 9.86. The van der Waals surface area contributed by atoms with Gasteiger partial charge in [-0.15, -0.1) is 0 Å². The van der Waals surface area contributed by atoms with Gasteiger partial charge in [-0.1, -0.05) is 41.5 Å². The third-order valence-electron chi connectivity index (χ3n) is 5.95. The van der Waals surface area contributed by atoms with Crippen molar-refractivity contribution in [2.75, 3.05) is 0 Å². The maximum absolute atomic E-state index is 6.38. The third-order valence-corrected chi connectivity index (χ3v) is 7.29. The summed E-state index contributed by atoms with van der Waals surface area (Å²) >= 11 is 7.69. The van der Waals surface area contributed by atoms with Crippen LogP contribution < -0.4 is 0 Å². The van der Waals surface area contributed by atoms with Gasteiger partial charge in [0.2, 0.25) is 0 Å². The Bertz CT molecular complexity index is 1130. The summed E-state index contributed by atoms with van der Waals surface area (Å²) in [5, 5.41) is 0. The normalized spacial score (nSPS) is 17.9. The monoisotopic (exact) mass is 604 g/mol. The molecule has 0 saturated heterocycles. The standard InChI is InChI=1S/C30H40Br2NO2/c1-27(2,3)19-13-17(14-20(34-19)28(4,5)6)23-24(31)25(33-26(23)32)18-15-21(29(7,8)9)35-22(16-18)30(10,11)12/h13-16H,1-12H3/q+1. The van der Waals surface area contributed by atoms with Gasteiger partial charge in [0.15, 0.2) is 0 Å². The summed E-state index contributed by atoms with van der Waals surface area (Å²) < 4.78 is 14.5. The predicted molar refractivity (Wildman–Crippen MR) is 156 cm³/mol. The molecule has 0 fully saturated rings. The molecule has 35 heavy (non-hydrogen) atoms. The van der Waals surface area contributed by atoms with Crippen LogP contribution in [0.2, 0.25) is 0 Å². The highest BCUT2D eigenvalue weighted by atomic mass is 79.9. The number of hydrogen-bond donors (Lipinski definition) is 0. The lowest BCUT2D eigenvalue weighted by Gasteiger charge is -2.32. The van der Waals surface area contributed by atoms with E-state index in [-0.39, 0.29) is 21.7 Å². The number of allylic oxidation sites excluding steroid dienone is 7. The van der Waals surface area contributed by atoms with Gasteiger partial charge in [-0.25, -0.2) is 9.41 Å². The van der Waals surface area contributed by atoms with E-state index >= 15 is 0 Å². The molecule has 0 unspecified atom stereocenters. The highest BCUT2D eigenvalue weighted by Crippen LogP contribution is 2.45. The van der Waals surface area contributed by atoms with Gasteiger partial charge in [-0.05, 0) is 85.6 Å². The van der Waals surface area contributed by atoms with Crippen LogP contribution in [0, 0.1) is 10.8 Å². The van der Waals surface area contributed by atoms with Crippen LogP contribution in [0.15, 0.2) is 61.0 Å². The van der Waals surface area contributed by atoms with E-state index in [1.165, 1.54) is 0 Å². The molecule has 0 N–H and O–H groups in total.